The first-order valence-electron chi connectivity index (χ1n) is 9.92. The Hall–Kier alpha value is -3.85. The molecule has 1 unspecified atom stereocenters. The predicted octanol–water partition coefficient (Wildman–Crippen LogP) is 6.04. The lowest BCUT2D eigenvalue weighted by atomic mass is 10.1. The number of rotatable bonds is 2. The van der Waals surface area contributed by atoms with E-state index in [1.807, 2.05) is 0 Å². The van der Waals surface area contributed by atoms with Crippen LogP contribution in [0.25, 0.3) is 0 Å². The van der Waals surface area contributed by atoms with E-state index >= 15 is 0 Å². The summed E-state index contributed by atoms with van der Waals surface area (Å²) in [6.07, 6.45) is 2.27. The van der Waals surface area contributed by atoms with Crippen molar-refractivity contribution in [2.45, 2.75) is 6.29 Å². The van der Waals surface area contributed by atoms with Gasteiger partial charge in [-0.05, 0) is 42.5 Å². The van der Waals surface area contributed by atoms with Crippen LogP contribution in [0, 0.1) is 0 Å². The predicted molar refractivity (Wildman–Crippen MR) is 119 cm³/mol. The standard InChI is InChI=1S/C26H20N3/c1-3-12-21(13-4-1)28-23-16-8-7-11-20(23)19-27-24-17-9-10-18-25(24)29(26(27)28)22-14-5-2-6-15-22/h1-19,26H/q+1. The normalized spacial score (nSPS) is 16.7. The average molecular weight is 374 g/mol. The van der Waals surface area contributed by atoms with Crippen LogP contribution in [0.5, 0.6) is 0 Å². The second-order valence-corrected chi connectivity index (χ2v) is 7.34. The molecule has 1 atom stereocenters. The van der Waals surface area contributed by atoms with E-state index in [-0.39, 0.29) is 6.29 Å². The highest BCUT2D eigenvalue weighted by atomic mass is 15.5. The molecule has 0 saturated carbocycles. The summed E-state index contributed by atoms with van der Waals surface area (Å²) in [5.41, 5.74) is 7.23. The smallest absolute Gasteiger partial charge is 0.264 e. The summed E-state index contributed by atoms with van der Waals surface area (Å²) in [5, 5.41) is 0. The molecule has 0 fully saturated rings. The van der Waals surface area contributed by atoms with Crippen molar-refractivity contribution in [2.75, 3.05) is 9.80 Å². The molecule has 29 heavy (non-hydrogen) atoms. The van der Waals surface area contributed by atoms with Gasteiger partial charge in [0, 0.05) is 17.4 Å². The zero-order chi connectivity index (χ0) is 19.2. The van der Waals surface area contributed by atoms with E-state index < -0.39 is 0 Å². The Morgan fingerprint density at radius 3 is 1.72 bits per heavy atom. The van der Waals surface area contributed by atoms with Crippen molar-refractivity contribution < 1.29 is 4.58 Å². The van der Waals surface area contributed by atoms with E-state index in [0.29, 0.717) is 0 Å². The number of nitrogens with zero attached hydrogens (tertiary/aromatic N) is 3. The number of hydrogen-bond acceptors (Lipinski definition) is 2. The minimum atomic E-state index is -0.00731. The van der Waals surface area contributed by atoms with Gasteiger partial charge in [0.2, 0.25) is 5.69 Å². The number of anilines is 4. The average Bonchev–Trinajstić information content (AvgIpc) is 3.12. The van der Waals surface area contributed by atoms with Crippen LogP contribution in [0.2, 0.25) is 0 Å². The van der Waals surface area contributed by atoms with Gasteiger partial charge < -0.3 is 0 Å². The Bertz CT molecular complexity index is 1210. The molecule has 0 aliphatic carbocycles. The van der Waals surface area contributed by atoms with Crippen LogP contribution in [0.1, 0.15) is 5.56 Å². The molecule has 138 valence electrons. The van der Waals surface area contributed by atoms with Crippen molar-refractivity contribution in [3.05, 3.63) is 115 Å². The fourth-order valence-corrected chi connectivity index (χ4v) is 4.45. The van der Waals surface area contributed by atoms with E-state index in [9.17, 15) is 0 Å². The highest BCUT2D eigenvalue weighted by Gasteiger charge is 2.48. The quantitative estimate of drug-likeness (QED) is 0.396. The third-order valence-corrected chi connectivity index (χ3v) is 5.67. The first kappa shape index (κ1) is 16.1. The Kier molecular flexibility index (Phi) is 3.53. The monoisotopic (exact) mass is 374 g/mol. The summed E-state index contributed by atoms with van der Waals surface area (Å²) in [6, 6.07) is 38.6. The molecule has 4 aromatic carbocycles. The van der Waals surface area contributed by atoms with Gasteiger partial charge in [0.15, 0.2) is 6.21 Å². The molecule has 0 radical (unpaired) electrons. The maximum Gasteiger partial charge on any atom is 0.325 e. The number of benzene rings is 4. The van der Waals surface area contributed by atoms with Crippen LogP contribution >= 0.6 is 0 Å². The Balaban J connectivity index is 1.65. The van der Waals surface area contributed by atoms with Gasteiger partial charge in [0.25, 0.3) is 0 Å². The van der Waals surface area contributed by atoms with Gasteiger partial charge in [-0.2, -0.15) is 4.58 Å². The lowest BCUT2D eigenvalue weighted by molar-refractivity contribution is -0.466. The van der Waals surface area contributed by atoms with Gasteiger partial charge in [-0.15, -0.1) is 0 Å². The molecular weight excluding hydrogens is 354 g/mol. The van der Waals surface area contributed by atoms with Crippen LogP contribution < -0.4 is 9.80 Å². The summed E-state index contributed by atoms with van der Waals surface area (Å²) >= 11 is 0. The van der Waals surface area contributed by atoms with Crippen molar-refractivity contribution >= 4 is 34.7 Å². The second-order valence-electron chi connectivity index (χ2n) is 7.34. The Morgan fingerprint density at radius 2 is 1.03 bits per heavy atom. The van der Waals surface area contributed by atoms with Crippen LogP contribution in [0.3, 0.4) is 0 Å². The van der Waals surface area contributed by atoms with Crippen molar-refractivity contribution in [3.63, 3.8) is 0 Å². The third kappa shape index (κ3) is 2.41. The first-order chi connectivity index (χ1) is 14.4. The number of fused-ring (bicyclic) bond motifs is 4. The Morgan fingerprint density at radius 1 is 0.517 bits per heavy atom. The first-order valence-corrected chi connectivity index (χ1v) is 9.92. The summed E-state index contributed by atoms with van der Waals surface area (Å²) < 4.78 is 2.39. The highest BCUT2D eigenvalue weighted by Crippen LogP contribution is 2.48. The zero-order valence-corrected chi connectivity index (χ0v) is 15.9. The van der Waals surface area contributed by atoms with Crippen LogP contribution in [0.15, 0.2) is 109 Å². The molecule has 0 saturated heterocycles. The van der Waals surface area contributed by atoms with E-state index in [1.54, 1.807) is 0 Å². The molecule has 0 aromatic heterocycles. The maximum absolute atomic E-state index is 2.43. The fraction of sp³-hybridized carbons (Fsp3) is 0.0385. The van der Waals surface area contributed by atoms with Gasteiger partial charge in [0.1, 0.15) is 5.69 Å². The lowest BCUT2D eigenvalue weighted by Gasteiger charge is -2.36. The molecule has 0 amide bonds. The van der Waals surface area contributed by atoms with E-state index in [0.717, 1.165) is 0 Å². The van der Waals surface area contributed by atoms with E-state index in [1.165, 1.54) is 34.0 Å². The number of hydrogen-bond donors (Lipinski definition) is 0. The van der Waals surface area contributed by atoms with Crippen molar-refractivity contribution in [3.8, 4) is 0 Å². The lowest BCUT2D eigenvalue weighted by Crippen LogP contribution is -2.49. The topological polar surface area (TPSA) is 9.49 Å². The molecule has 2 heterocycles. The largest absolute Gasteiger partial charge is 0.325 e. The van der Waals surface area contributed by atoms with Crippen LogP contribution in [0.4, 0.5) is 28.4 Å². The molecule has 0 spiro atoms. The van der Waals surface area contributed by atoms with Crippen LogP contribution in [-0.2, 0) is 0 Å². The molecular formula is C26H20N3+. The molecule has 0 N–H and O–H groups in total. The molecule has 3 nitrogen and oxygen atoms in total. The summed E-state index contributed by atoms with van der Waals surface area (Å²) in [4.78, 5) is 4.86. The van der Waals surface area contributed by atoms with E-state index in [2.05, 4.69) is 130 Å². The summed E-state index contributed by atoms with van der Waals surface area (Å²) in [7, 11) is 0. The zero-order valence-electron chi connectivity index (χ0n) is 15.9. The summed E-state index contributed by atoms with van der Waals surface area (Å²) in [5.74, 6) is 0. The van der Waals surface area contributed by atoms with Crippen molar-refractivity contribution in [2.24, 2.45) is 0 Å². The third-order valence-electron chi connectivity index (χ3n) is 5.67. The van der Waals surface area contributed by atoms with Crippen molar-refractivity contribution in [1.82, 2.24) is 0 Å². The van der Waals surface area contributed by atoms with Crippen molar-refractivity contribution in [1.29, 1.82) is 0 Å². The molecule has 2 aliphatic heterocycles. The second kappa shape index (κ2) is 6.35. The summed E-state index contributed by atoms with van der Waals surface area (Å²) in [6.45, 7) is 0. The fourth-order valence-electron chi connectivity index (χ4n) is 4.45. The highest BCUT2D eigenvalue weighted by molar-refractivity contribution is 5.93. The van der Waals surface area contributed by atoms with Crippen LogP contribution in [-0.4, -0.2) is 17.1 Å². The van der Waals surface area contributed by atoms with Gasteiger partial charge in [-0.25, -0.2) is 0 Å². The SMILES string of the molecule is C1=[N+]2c3ccccc3N(c3ccccc3)C2N(c2ccccc2)c2ccccc21. The van der Waals surface area contributed by atoms with Gasteiger partial charge in [-0.1, -0.05) is 60.7 Å². The molecule has 2 aliphatic rings. The number of para-hydroxylation sites is 5. The minimum Gasteiger partial charge on any atom is -0.264 e. The molecule has 6 rings (SSSR count). The van der Waals surface area contributed by atoms with Gasteiger partial charge in [0.05, 0.1) is 11.3 Å². The molecule has 4 aromatic rings. The van der Waals surface area contributed by atoms with Gasteiger partial charge in [-0.3, -0.25) is 9.80 Å². The Labute approximate surface area is 170 Å². The van der Waals surface area contributed by atoms with Gasteiger partial charge >= 0.3 is 6.29 Å². The minimum absolute atomic E-state index is 0.00731. The van der Waals surface area contributed by atoms with E-state index in [4.69, 9.17) is 0 Å². The maximum atomic E-state index is 2.43. The molecule has 0 bridgehead atoms. The molecule has 3 heteroatoms.